The maximum absolute atomic E-state index is 12.9. The van der Waals surface area contributed by atoms with Crippen molar-refractivity contribution in [1.29, 1.82) is 0 Å². The second-order valence-electron chi connectivity index (χ2n) is 6.34. The van der Waals surface area contributed by atoms with Crippen molar-refractivity contribution in [2.24, 2.45) is 0 Å². The summed E-state index contributed by atoms with van der Waals surface area (Å²) in [5.41, 5.74) is 0.121. The van der Waals surface area contributed by atoms with Crippen LogP contribution in [0.15, 0.2) is 28.2 Å². The molecule has 154 valence electrons. The predicted molar refractivity (Wildman–Crippen MR) is 110 cm³/mol. The van der Waals surface area contributed by atoms with Gasteiger partial charge in [0.25, 0.3) is 5.56 Å². The van der Waals surface area contributed by atoms with Crippen LogP contribution in [0.1, 0.15) is 31.2 Å². The quantitative estimate of drug-likeness (QED) is 0.466. The average Bonchev–Trinajstić information content (AvgIpc) is 2.71. The van der Waals surface area contributed by atoms with Crippen LogP contribution in [0.2, 0.25) is 0 Å². The second kappa shape index (κ2) is 8.99. The molecule has 2 heterocycles. The van der Waals surface area contributed by atoms with Gasteiger partial charge in [-0.2, -0.15) is 0 Å². The molecule has 0 spiro atoms. The van der Waals surface area contributed by atoms with Crippen molar-refractivity contribution >= 4 is 35.1 Å². The molecule has 0 fully saturated rings. The van der Waals surface area contributed by atoms with Gasteiger partial charge in [-0.1, -0.05) is 18.7 Å². The van der Waals surface area contributed by atoms with Crippen LogP contribution < -0.4 is 25.7 Å². The van der Waals surface area contributed by atoms with Gasteiger partial charge in [0, 0.05) is 18.2 Å². The van der Waals surface area contributed by atoms with Crippen LogP contribution in [0.4, 0.5) is 11.5 Å². The third-order valence-corrected chi connectivity index (χ3v) is 5.43. The molecule has 0 aliphatic carbocycles. The van der Waals surface area contributed by atoms with E-state index in [1.165, 1.54) is 26.0 Å². The van der Waals surface area contributed by atoms with E-state index >= 15 is 0 Å². The fourth-order valence-corrected chi connectivity index (χ4v) is 3.68. The Bertz CT molecular complexity index is 991. The fourth-order valence-electron chi connectivity index (χ4n) is 2.96. The lowest BCUT2D eigenvalue weighted by molar-refractivity contribution is -0.123. The van der Waals surface area contributed by atoms with Crippen LogP contribution in [0.3, 0.4) is 0 Å². The number of methoxy groups -OCH3 is 2. The molecule has 0 bridgehead atoms. The van der Waals surface area contributed by atoms with E-state index in [2.05, 4.69) is 20.6 Å². The number of nitrogens with one attached hydrogen (secondary N) is 3. The summed E-state index contributed by atoms with van der Waals surface area (Å²) in [5, 5.41) is 5.74. The minimum absolute atomic E-state index is 0.130. The van der Waals surface area contributed by atoms with Crippen molar-refractivity contribution < 1.29 is 19.1 Å². The van der Waals surface area contributed by atoms with Crippen molar-refractivity contribution in [3.05, 3.63) is 34.1 Å². The molecule has 0 saturated carbocycles. The Hall–Kier alpha value is -3.01. The molecular weight excluding hydrogens is 396 g/mol. The van der Waals surface area contributed by atoms with E-state index < -0.39 is 17.4 Å². The number of aromatic nitrogens is 2. The first-order valence-corrected chi connectivity index (χ1v) is 10.0. The molecular formula is C19H22N4O5S. The number of ether oxygens (including phenoxy) is 2. The number of carbonyl (C=O) groups excluding carboxylic acids is 2. The number of anilines is 2. The molecule has 1 aromatic carbocycles. The first-order valence-electron chi connectivity index (χ1n) is 9.06. The molecule has 0 radical (unpaired) electrons. The molecule has 29 heavy (non-hydrogen) atoms. The third-order valence-electron chi connectivity index (χ3n) is 4.36. The summed E-state index contributed by atoms with van der Waals surface area (Å²) in [7, 11) is 2.99. The van der Waals surface area contributed by atoms with Gasteiger partial charge in [-0.3, -0.25) is 14.4 Å². The Balaban J connectivity index is 1.91. The topological polar surface area (TPSA) is 122 Å². The van der Waals surface area contributed by atoms with E-state index in [1.807, 2.05) is 6.92 Å². The van der Waals surface area contributed by atoms with E-state index in [4.69, 9.17) is 9.47 Å². The standard InChI is InChI=1S/C19H22N4O5S/c1-4-7-29-19-22-16-15(18(26)23-19)11(9-14(24)21-16)17(25)20-12-6-5-10(27-2)8-13(12)28-3/h5-6,8,11H,4,7,9H2,1-3H3,(H,20,25)(H2,21,22,23,24,26)/t11-/m0/s1. The summed E-state index contributed by atoms with van der Waals surface area (Å²) in [6.07, 6.45) is 0.760. The van der Waals surface area contributed by atoms with Crippen molar-refractivity contribution in [3.8, 4) is 11.5 Å². The molecule has 1 aliphatic heterocycles. The van der Waals surface area contributed by atoms with Gasteiger partial charge in [0.2, 0.25) is 11.8 Å². The predicted octanol–water partition coefficient (Wildman–Crippen LogP) is 2.35. The summed E-state index contributed by atoms with van der Waals surface area (Å²) >= 11 is 1.38. The average molecular weight is 418 g/mol. The SMILES string of the molecule is CCCSc1nc2c(c(=O)[nH]1)[C@@H](C(=O)Nc1ccc(OC)cc1OC)CC(=O)N2. The van der Waals surface area contributed by atoms with Gasteiger partial charge in [0.05, 0.1) is 31.4 Å². The molecule has 0 unspecified atom stereocenters. The summed E-state index contributed by atoms with van der Waals surface area (Å²) in [5.74, 6) is 0.0420. The highest BCUT2D eigenvalue weighted by molar-refractivity contribution is 7.99. The highest BCUT2D eigenvalue weighted by atomic mass is 32.2. The molecule has 1 aromatic heterocycles. The van der Waals surface area contributed by atoms with Crippen LogP contribution >= 0.6 is 11.8 Å². The highest BCUT2D eigenvalue weighted by Crippen LogP contribution is 2.33. The highest BCUT2D eigenvalue weighted by Gasteiger charge is 2.35. The number of H-pyrrole nitrogens is 1. The molecule has 2 amide bonds. The Morgan fingerprint density at radius 2 is 2.10 bits per heavy atom. The van der Waals surface area contributed by atoms with Crippen LogP contribution in [0, 0.1) is 0 Å². The molecule has 3 rings (SSSR count). The number of aromatic amines is 1. The first kappa shape index (κ1) is 20.7. The molecule has 3 N–H and O–H groups in total. The number of amides is 2. The van der Waals surface area contributed by atoms with Crippen molar-refractivity contribution in [2.75, 3.05) is 30.6 Å². The maximum atomic E-state index is 12.9. The van der Waals surface area contributed by atoms with Crippen LogP contribution in [-0.4, -0.2) is 41.8 Å². The van der Waals surface area contributed by atoms with E-state index in [0.29, 0.717) is 22.3 Å². The summed E-state index contributed by atoms with van der Waals surface area (Å²) in [4.78, 5) is 44.7. The van der Waals surface area contributed by atoms with Gasteiger partial charge in [0.1, 0.15) is 17.3 Å². The number of fused-ring (bicyclic) bond motifs is 1. The lowest BCUT2D eigenvalue weighted by Crippen LogP contribution is -2.36. The minimum atomic E-state index is -0.966. The Labute approximate surface area is 171 Å². The lowest BCUT2D eigenvalue weighted by Gasteiger charge is -2.24. The van der Waals surface area contributed by atoms with Crippen molar-refractivity contribution in [3.63, 3.8) is 0 Å². The molecule has 1 aliphatic rings. The Kier molecular flexibility index (Phi) is 6.42. The third kappa shape index (κ3) is 4.53. The van der Waals surface area contributed by atoms with Crippen LogP contribution in [0.5, 0.6) is 11.5 Å². The number of benzene rings is 1. The molecule has 2 aromatic rings. The minimum Gasteiger partial charge on any atom is -0.497 e. The van der Waals surface area contributed by atoms with Crippen molar-refractivity contribution in [1.82, 2.24) is 9.97 Å². The first-order chi connectivity index (χ1) is 14.0. The van der Waals surface area contributed by atoms with E-state index in [9.17, 15) is 14.4 Å². The van der Waals surface area contributed by atoms with Gasteiger partial charge >= 0.3 is 0 Å². The van der Waals surface area contributed by atoms with Gasteiger partial charge in [-0.15, -0.1) is 0 Å². The Morgan fingerprint density at radius 3 is 2.79 bits per heavy atom. The number of rotatable bonds is 7. The summed E-state index contributed by atoms with van der Waals surface area (Å²) in [6.45, 7) is 2.01. The zero-order chi connectivity index (χ0) is 21.0. The number of nitrogens with zero attached hydrogens (tertiary/aromatic N) is 1. The molecule has 0 saturated heterocycles. The van der Waals surface area contributed by atoms with E-state index in [-0.39, 0.29) is 23.7 Å². The van der Waals surface area contributed by atoms with E-state index in [1.54, 1.807) is 18.2 Å². The van der Waals surface area contributed by atoms with Crippen molar-refractivity contribution in [2.45, 2.75) is 30.8 Å². The molecule has 9 nitrogen and oxygen atoms in total. The zero-order valence-electron chi connectivity index (χ0n) is 16.3. The number of hydrogen-bond donors (Lipinski definition) is 3. The number of carbonyl (C=O) groups is 2. The Morgan fingerprint density at radius 1 is 1.31 bits per heavy atom. The smallest absolute Gasteiger partial charge is 0.257 e. The molecule has 10 heteroatoms. The summed E-state index contributed by atoms with van der Waals surface area (Å²) < 4.78 is 10.4. The van der Waals surface area contributed by atoms with Gasteiger partial charge in [0.15, 0.2) is 5.16 Å². The van der Waals surface area contributed by atoms with Gasteiger partial charge in [-0.25, -0.2) is 4.98 Å². The van der Waals surface area contributed by atoms with Crippen LogP contribution in [-0.2, 0) is 9.59 Å². The van der Waals surface area contributed by atoms with Crippen LogP contribution in [0.25, 0.3) is 0 Å². The summed E-state index contributed by atoms with van der Waals surface area (Å²) in [6, 6.07) is 4.93. The normalized spacial score (nSPS) is 15.3. The number of thioether (sulfide) groups is 1. The van der Waals surface area contributed by atoms with Gasteiger partial charge in [-0.05, 0) is 18.6 Å². The molecule has 1 atom stereocenters. The largest absolute Gasteiger partial charge is 0.497 e. The monoisotopic (exact) mass is 418 g/mol. The van der Waals surface area contributed by atoms with E-state index in [0.717, 1.165) is 12.2 Å². The zero-order valence-corrected chi connectivity index (χ0v) is 17.1. The maximum Gasteiger partial charge on any atom is 0.257 e. The number of hydrogen-bond acceptors (Lipinski definition) is 7. The van der Waals surface area contributed by atoms with Gasteiger partial charge < -0.3 is 25.1 Å². The lowest BCUT2D eigenvalue weighted by atomic mass is 9.92. The second-order valence-corrected chi connectivity index (χ2v) is 7.43. The fraction of sp³-hybridized carbons (Fsp3) is 0.368.